The molecule has 3 N–H and O–H groups in total. The van der Waals surface area contributed by atoms with Crippen LogP contribution in [0.4, 0.5) is 0 Å². The van der Waals surface area contributed by atoms with E-state index in [-0.39, 0.29) is 35.7 Å². The van der Waals surface area contributed by atoms with Crippen LogP contribution < -0.4 is 0 Å². The van der Waals surface area contributed by atoms with E-state index in [9.17, 15) is 24.9 Å². The minimum atomic E-state index is -1.65. The zero-order valence-electron chi connectivity index (χ0n) is 21.3. The van der Waals surface area contributed by atoms with Gasteiger partial charge in [-0.2, -0.15) is 0 Å². The second kappa shape index (κ2) is 6.85. The van der Waals surface area contributed by atoms with Gasteiger partial charge in [0.2, 0.25) is 0 Å². The molecule has 0 aromatic carbocycles. The first-order valence-corrected chi connectivity index (χ1v) is 13.1. The Bertz CT molecular complexity index is 1080. The van der Waals surface area contributed by atoms with Gasteiger partial charge >= 0.3 is 5.97 Å². The van der Waals surface area contributed by atoms with E-state index in [0.29, 0.717) is 44.1 Å². The summed E-state index contributed by atoms with van der Waals surface area (Å²) in [7, 11) is 0. The van der Waals surface area contributed by atoms with Gasteiger partial charge in [-0.05, 0) is 83.6 Å². The maximum Gasteiger partial charge on any atom is 0.334 e. The van der Waals surface area contributed by atoms with Crippen LogP contribution in [0.25, 0.3) is 0 Å². The van der Waals surface area contributed by atoms with Gasteiger partial charge in [-0.25, -0.2) is 4.79 Å². The first kappa shape index (κ1) is 23.8. The highest BCUT2D eigenvalue weighted by molar-refractivity contribution is 5.97. The van der Waals surface area contributed by atoms with Crippen molar-refractivity contribution in [2.24, 2.45) is 28.6 Å². The first-order valence-electron chi connectivity index (χ1n) is 13.1. The van der Waals surface area contributed by atoms with Crippen LogP contribution in [0.2, 0.25) is 0 Å². The largest absolute Gasteiger partial charge is 0.455 e. The highest BCUT2D eigenvalue weighted by atomic mass is 16.6. The molecule has 7 heteroatoms. The summed E-state index contributed by atoms with van der Waals surface area (Å²) in [6, 6.07) is 0. The van der Waals surface area contributed by atoms with Gasteiger partial charge in [0, 0.05) is 17.4 Å². The molecule has 3 saturated carbocycles. The van der Waals surface area contributed by atoms with E-state index in [2.05, 4.69) is 6.92 Å². The molecule has 6 aliphatic rings. The lowest BCUT2D eigenvalue weighted by Crippen LogP contribution is -2.71. The third kappa shape index (κ3) is 2.56. The van der Waals surface area contributed by atoms with Crippen LogP contribution in [0.5, 0.6) is 0 Å². The highest BCUT2D eigenvalue weighted by Gasteiger charge is 2.79. The Hall–Kier alpha value is -1.54. The summed E-state index contributed by atoms with van der Waals surface area (Å²) >= 11 is 0. The molecule has 35 heavy (non-hydrogen) atoms. The van der Waals surface area contributed by atoms with Gasteiger partial charge in [-0.1, -0.05) is 18.6 Å². The topological polar surface area (TPSA) is 117 Å². The number of ketones is 1. The van der Waals surface area contributed by atoms with Gasteiger partial charge < -0.3 is 24.8 Å². The van der Waals surface area contributed by atoms with E-state index in [4.69, 9.17) is 9.47 Å². The van der Waals surface area contributed by atoms with E-state index in [1.165, 1.54) is 0 Å². The SMILES string of the molecule is CC1=C(C)C(=O)O[C@@H]([C@](C)(O)[C@@]2(O)CC[C@H]3[C@@H]4[C@@H]5O[C@@H]5[C@@]5(O)CC=CC(=O)[C@]5(C)[C@@H]4CC[C@@]32C)C1. The fraction of sp³-hybridized carbons (Fsp3) is 0.786. The Kier molecular flexibility index (Phi) is 4.67. The Morgan fingerprint density at radius 2 is 1.77 bits per heavy atom. The number of aliphatic hydroxyl groups is 3. The fourth-order valence-electron chi connectivity index (χ4n) is 9.28. The van der Waals surface area contributed by atoms with Gasteiger partial charge in [0.1, 0.15) is 29.0 Å². The van der Waals surface area contributed by atoms with Gasteiger partial charge in [0.25, 0.3) is 0 Å². The molecule has 0 radical (unpaired) electrons. The van der Waals surface area contributed by atoms with Crippen molar-refractivity contribution in [3.05, 3.63) is 23.3 Å². The zero-order valence-corrected chi connectivity index (χ0v) is 21.3. The number of carbonyl (C=O) groups excluding carboxylic acids is 2. The number of allylic oxidation sites excluding steroid dienone is 1. The molecule has 1 saturated heterocycles. The lowest BCUT2D eigenvalue weighted by Gasteiger charge is -2.62. The third-order valence-electron chi connectivity index (χ3n) is 11.9. The summed E-state index contributed by atoms with van der Waals surface area (Å²) in [5.41, 5.74) is -4.45. The molecule has 7 nitrogen and oxygen atoms in total. The van der Waals surface area contributed by atoms with E-state index in [0.717, 1.165) is 5.57 Å². The average Bonchev–Trinajstić information content (AvgIpc) is 3.55. The summed E-state index contributed by atoms with van der Waals surface area (Å²) in [6.45, 7) is 9.18. The Morgan fingerprint density at radius 1 is 1.09 bits per heavy atom. The van der Waals surface area contributed by atoms with Crippen LogP contribution in [0.3, 0.4) is 0 Å². The van der Waals surface area contributed by atoms with Crippen LogP contribution in [0, 0.1) is 28.6 Å². The van der Waals surface area contributed by atoms with E-state index in [1.54, 1.807) is 26.0 Å². The van der Waals surface area contributed by atoms with Crippen molar-refractivity contribution in [2.45, 2.75) is 108 Å². The van der Waals surface area contributed by atoms with Crippen molar-refractivity contribution in [1.82, 2.24) is 0 Å². The smallest absolute Gasteiger partial charge is 0.334 e. The quantitative estimate of drug-likeness (QED) is 0.406. The summed E-state index contributed by atoms with van der Waals surface area (Å²) in [4.78, 5) is 25.7. The maximum atomic E-state index is 13.3. The minimum absolute atomic E-state index is 0.0158. The second-order valence-corrected chi connectivity index (χ2v) is 12.9. The number of cyclic esters (lactones) is 1. The van der Waals surface area contributed by atoms with Crippen molar-refractivity contribution in [1.29, 1.82) is 0 Å². The minimum Gasteiger partial charge on any atom is -0.455 e. The zero-order chi connectivity index (χ0) is 25.3. The van der Waals surface area contributed by atoms with E-state index < -0.39 is 39.7 Å². The molecular weight excluding hydrogens is 448 g/mol. The van der Waals surface area contributed by atoms with Crippen molar-refractivity contribution < 1.29 is 34.4 Å². The molecule has 192 valence electrons. The number of rotatable bonds is 2. The number of esters is 1. The first-order chi connectivity index (χ1) is 16.2. The van der Waals surface area contributed by atoms with Gasteiger partial charge in [0.15, 0.2) is 5.78 Å². The van der Waals surface area contributed by atoms with Crippen LogP contribution in [0.15, 0.2) is 23.3 Å². The van der Waals surface area contributed by atoms with Crippen molar-refractivity contribution in [3.8, 4) is 0 Å². The summed E-state index contributed by atoms with van der Waals surface area (Å²) < 4.78 is 11.8. The number of ether oxygens (including phenoxy) is 2. The lowest BCUT2D eigenvalue weighted by atomic mass is 9.43. The highest BCUT2D eigenvalue weighted by Crippen LogP contribution is 2.72. The predicted molar refractivity (Wildman–Crippen MR) is 126 cm³/mol. The normalized spacial score (nSPS) is 54.3. The predicted octanol–water partition coefficient (Wildman–Crippen LogP) is 2.61. The second-order valence-electron chi connectivity index (χ2n) is 12.9. The number of fused-ring (bicyclic) bond motifs is 8. The van der Waals surface area contributed by atoms with Crippen LogP contribution in [0.1, 0.15) is 73.1 Å². The van der Waals surface area contributed by atoms with E-state index >= 15 is 0 Å². The van der Waals surface area contributed by atoms with Gasteiger partial charge in [-0.15, -0.1) is 0 Å². The van der Waals surface area contributed by atoms with E-state index in [1.807, 2.05) is 13.8 Å². The standard InChI is InChI=1S/C28H38O7/c1-14-13-19(34-23(30)15(14)2)26(5,31)28(33)12-9-16-20-17(8-11-24(16,28)3)25(4)18(29)7-6-10-27(25,32)22-21(20)35-22/h6-7,16-17,19-22,31-33H,8-13H2,1-5H3/t16-,17+,19+,20-,21-,22-,24-,25-,26-,27-,28+/m0/s1. The lowest BCUT2D eigenvalue weighted by molar-refractivity contribution is -0.256. The number of epoxide rings is 1. The molecule has 0 amide bonds. The Balaban J connectivity index is 1.37. The molecule has 0 bridgehead atoms. The maximum absolute atomic E-state index is 13.3. The van der Waals surface area contributed by atoms with Gasteiger partial charge in [-0.3, -0.25) is 4.79 Å². The monoisotopic (exact) mass is 486 g/mol. The fourth-order valence-corrected chi connectivity index (χ4v) is 9.28. The summed E-state index contributed by atoms with van der Waals surface area (Å²) in [5, 5.41) is 36.0. The molecule has 0 aromatic heterocycles. The summed E-state index contributed by atoms with van der Waals surface area (Å²) in [5.74, 6) is -0.499. The molecule has 2 aliphatic heterocycles. The molecule has 2 heterocycles. The van der Waals surface area contributed by atoms with Crippen LogP contribution >= 0.6 is 0 Å². The molecule has 11 atom stereocenters. The van der Waals surface area contributed by atoms with Crippen molar-refractivity contribution in [2.75, 3.05) is 0 Å². The summed E-state index contributed by atoms with van der Waals surface area (Å²) in [6.07, 6.45) is 5.17. The molecule has 0 unspecified atom stereocenters. The van der Waals surface area contributed by atoms with Gasteiger partial charge in [0.05, 0.1) is 11.5 Å². The number of hydrogen-bond donors (Lipinski definition) is 3. The van der Waals surface area contributed by atoms with Crippen molar-refractivity contribution >= 4 is 11.8 Å². The molecule has 0 spiro atoms. The Morgan fingerprint density at radius 3 is 2.46 bits per heavy atom. The van der Waals surface area contributed by atoms with Crippen molar-refractivity contribution in [3.63, 3.8) is 0 Å². The molecule has 4 fully saturated rings. The molecule has 6 rings (SSSR count). The molecule has 4 aliphatic carbocycles. The number of carbonyl (C=O) groups is 2. The van der Waals surface area contributed by atoms with Crippen LogP contribution in [-0.4, -0.2) is 62.2 Å². The number of hydrogen-bond acceptors (Lipinski definition) is 7. The third-order valence-corrected chi connectivity index (χ3v) is 11.9. The molecule has 0 aromatic rings. The Labute approximate surface area is 206 Å². The average molecular weight is 487 g/mol. The van der Waals surface area contributed by atoms with Crippen LogP contribution in [-0.2, 0) is 19.1 Å². The molecular formula is C28H38O7.